The fourth-order valence-electron chi connectivity index (χ4n) is 2.69. The summed E-state index contributed by atoms with van der Waals surface area (Å²) in [5, 5.41) is 9.45. The highest BCUT2D eigenvalue weighted by molar-refractivity contribution is 5.55. The van der Waals surface area contributed by atoms with E-state index in [4.69, 9.17) is 10.5 Å². The molecule has 0 amide bonds. The van der Waals surface area contributed by atoms with Gasteiger partial charge in [0.1, 0.15) is 11.6 Å². The molecule has 8 nitrogen and oxygen atoms in total. The molecule has 4 N–H and O–H groups in total. The molecule has 1 atom stereocenters. The van der Waals surface area contributed by atoms with Crippen molar-refractivity contribution in [2.24, 2.45) is 5.73 Å². The van der Waals surface area contributed by atoms with Gasteiger partial charge < -0.3 is 15.4 Å². The van der Waals surface area contributed by atoms with Crippen molar-refractivity contribution >= 4 is 5.69 Å². The van der Waals surface area contributed by atoms with E-state index in [1.807, 2.05) is 49.3 Å². The number of nitrogens with zero attached hydrogens (tertiary/aromatic N) is 2. The highest BCUT2D eigenvalue weighted by atomic mass is 16.5. The summed E-state index contributed by atoms with van der Waals surface area (Å²) in [7, 11) is 3.82. The van der Waals surface area contributed by atoms with Crippen molar-refractivity contribution < 1.29 is 4.74 Å². The van der Waals surface area contributed by atoms with Gasteiger partial charge in [-0.2, -0.15) is 5.26 Å². The van der Waals surface area contributed by atoms with Gasteiger partial charge in [0.05, 0.1) is 11.5 Å². The van der Waals surface area contributed by atoms with Gasteiger partial charge in [0.15, 0.2) is 0 Å². The van der Waals surface area contributed by atoms with Gasteiger partial charge in [-0.05, 0) is 17.7 Å². The maximum atomic E-state index is 12.3. The summed E-state index contributed by atoms with van der Waals surface area (Å²) in [6.07, 6.45) is 0. The van der Waals surface area contributed by atoms with Crippen molar-refractivity contribution in [3.05, 3.63) is 67.7 Å². The van der Waals surface area contributed by atoms with Crippen LogP contribution in [0.3, 0.4) is 0 Å². The second-order valence-electron chi connectivity index (χ2n) is 5.56. The largest absolute Gasteiger partial charge is 0.424 e. The van der Waals surface area contributed by atoms with Gasteiger partial charge in [0.2, 0.25) is 11.8 Å². The van der Waals surface area contributed by atoms with Crippen LogP contribution >= 0.6 is 0 Å². The highest BCUT2D eigenvalue weighted by Crippen LogP contribution is 2.38. The predicted octanol–water partition coefficient (Wildman–Crippen LogP) is 0.347. The number of anilines is 1. The topological polar surface area (TPSA) is 128 Å². The zero-order valence-electron chi connectivity index (χ0n) is 13.1. The number of aromatic amines is 2. The third kappa shape index (κ3) is 2.42. The second-order valence-corrected chi connectivity index (χ2v) is 5.56. The lowest BCUT2D eigenvalue weighted by Gasteiger charge is -2.25. The van der Waals surface area contributed by atoms with Gasteiger partial charge in [0, 0.05) is 19.8 Å². The van der Waals surface area contributed by atoms with Crippen molar-refractivity contribution in [2.75, 3.05) is 19.0 Å². The molecule has 0 saturated heterocycles. The SMILES string of the molecule is CN(C)c1ccc([C@@H]2C(C#N)=C(N)Oc3[nH]c(=O)[nH]c(=O)c32)cc1. The lowest BCUT2D eigenvalue weighted by molar-refractivity contribution is 0.373. The number of ether oxygens (including phenoxy) is 1. The maximum absolute atomic E-state index is 12.3. The number of nitriles is 1. The Morgan fingerprint density at radius 3 is 2.46 bits per heavy atom. The number of nitrogens with two attached hydrogens (primary N) is 1. The Labute approximate surface area is 136 Å². The fraction of sp³-hybridized carbons (Fsp3) is 0.188. The number of rotatable bonds is 2. The Balaban J connectivity index is 2.24. The third-order valence-corrected chi connectivity index (χ3v) is 3.86. The number of benzene rings is 1. The molecule has 1 aromatic carbocycles. The molecule has 0 spiro atoms. The molecular formula is C16H15N5O3. The van der Waals surface area contributed by atoms with Crippen molar-refractivity contribution in [3.63, 3.8) is 0 Å². The van der Waals surface area contributed by atoms with Crippen LogP contribution in [0.2, 0.25) is 0 Å². The minimum atomic E-state index is -0.712. The Bertz CT molecular complexity index is 976. The van der Waals surface area contributed by atoms with Crippen LogP contribution in [0.1, 0.15) is 17.0 Å². The average Bonchev–Trinajstić information content (AvgIpc) is 2.53. The van der Waals surface area contributed by atoms with Crippen molar-refractivity contribution in [1.29, 1.82) is 5.26 Å². The average molecular weight is 325 g/mol. The smallest absolute Gasteiger partial charge is 0.328 e. The minimum absolute atomic E-state index is 0.0399. The molecule has 2 aromatic rings. The van der Waals surface area contributed by atoms with Crippen LogP contribution in [-0.4, -0.2) is 24.1 Å². The van der Waals surface area contributed by atoms with Gasteiger partial charge in [-0.1, -0.05) is 12.1 Å². The quantitative estimate of drug-likeness (QED) is 0.731. The van der Waals surface area contributed by atoms with Crippen molar-refractivity contribution in [1.82, 2.24) is 9.97 Å². The van der Waals surface area contributed by atoms with Crippen LogP contribution < -0.4 is 26.6 Å². The van der Waals surface area contributed by atoms with Crippen LogP contribution in [0, 0.1) is 11.3 Å². The first-order valence-corrected chi connectivity index (χ1v) is 7.13. The van der Waals surface area contributed by atoms with Gasteiger partial charge in [-0.15, -0.1) is 0 Å². The summed E-state index contributed by atoms with van der Waals surface area (Å²) < 4.78 is 5.26. The molecule has 24 heavy (non-hydrogen) atoms. The Morgan fingerprint density at radius 1 is 1.21 bits per heavy atom. The van der Waals surface area contributed by atoms with E-state index in [0.717, 1.165) is 5.69 Å². The Hall–Kier alpha value is -3.47. The normalized spacial score (nSPS) is 16.1. The molecule has 1 aromatic heterocycles. The summed E-state index contributed by atoms with van der Waals surface area (Å²) in [5.74, 6) is -0.884. The number of aromatic nitrogens is 2. The molecule has 8 heteroatoms. The molecule has 0 saturated carbocycles. The molecule has 0 fully saturated rings. The van der Waals surface area contributed by atoms with E-state index in [9.17, 15) is 14.9 Å². The van der Waals surface area contributed by atoms with Crippen LogP contribution in [0.5, 0.6) is 5.88 Å². The second kappa shape index (κ2) is 5.62. The van der Waals surface area contributed by atoms with Gasteiger partial charge in [-0.25, -0.2) is 4.79 Å². The van der Waals surface area contributed by atoms with Gasteiger partial charge in [-0.3, -0.25) is 14.8 Å². The maximum Gasteiger partial charge on any atom is 0.328 e. The van der Waals surface area contributed by atoms with Crippen molar-refractivity contribution in [2.45, 2.75) is 5.92 Å². The monoisotopic (exact) mass is 325 g/mol. The molecule has 0 unspecified atom stereocenters. The number of fused-ring (bicyclic) bond motifs is 1. The van der Waals surface area contributed by atoms with E-state index in [-0.39, 0.29) is 22.9 Å². The number of nitrogens with one attached hydrogen (secondary N) is 2. The van der Waals surface area contributed by atoms with Crippen LogP contribution in [0.4, 0.5) is 5.69 Å². The van der Waals surface area contributed by atoms with Crippen LogP contribution in [-0.2, 0) is 0 Å². The number of hydrogen-bond donors (Lipinski definition) is 3. The number of allylic oxidation sites excluding steroid dienone is 1. The Kier molecular flexibility index (Phi) is 3.62. The van der Waals surface area contributed by atoms with Crippen LogP contribution in [0.25, 0.3) is 0 Å². The fourth-order valence-corrected chi connectivity index (χ4v) is 2.69. The molecule has 0 aliphatic carbocycles. The first-order valence-electron chi connectivity index (χ1n) is 7.13. The van der Waals surface area contributed by atoms with E-state index in [1.165, 1.54) is 0 Å². The third-order valence-electron chi connectivity index (χ3n) is 3.86. The summed E-state index contributed by atoms with van der Waals surface area (Å²) in [5.41, 5.74) is 6.43. The molecule has 2 heterocycles. The van der Waals surface area contributed by atoms with E-state index >= 15 is 0 Å². The molecule has 0 radical (unpaired) electrons. The number of H-pyrrole nitrogens is 2. The number of hydrogen-bond acceptors (Lipinski definition) is 6. The molecule has 0 bridgehead atoms. The van der Waals surface area contributed by atoms with E-state index < -0.39 is 17.2 Å². The first kappa shape index (κ1) is 15.4. The lowest BCUT2D eigenvalue weighted by atomic mass is 9.85. The van der Waals surface area contributed by atoms with E-state index in [2.05, 4.69) is 9.97 Å². The summed E-state index contributed by atoms with van der Waals surface area (Å²) >= 11 is 0. The van der Waals surface area contributed by atoms with Gasteiger partial charge >= 0.3 is 5.69 Å². The summed E-state index contributed by atoms with van der Waals surface area (Å²) in [6, 6.07) is 9.36. The minimum Gasteiger partial charge on any atom is -0.424 e. The summed E-state index contributed by atoms with van der Waals surface area (Å²) in [6.45, 7) is 0. The lowest BCUT2D eigenvalue weighted by Crippen LogP contribution is -2.33. The molecule has 1 aliphatic rings. The standard InChI is InChI=1S/C16H15N5O3/c1-21(2)9-5-3-8(4-6-9)11-10(7-17)13(18)24-15-12(11)14(22)19-16(23)20-15/h3-6,11H,18H2,1-2H3,(H2,19,20,22,23)/t11-/m1/s1. The molecule has 3 rings (SSSR count). The first-order chi connectivity index (χ1) is 11.4. The molecule has 122 valence electrons. The highest BCUT2D eigenvalue weighted by Gasteiger charge is 2.34. The molecular weight excluding hydrogens is 310 g/mol. The van der Waals surface area contributed by atoms with E-state index in [0.29, 0.717) is 5.56 Å². The predicted molar refractivity (Wildman–Crippen MR) is 87.7 cm³/mol. The van der Waals surface area contributed by atoms with Gasteiger partial charge in [0.25, 0.3) is 5.56 Å². The summed E-state index contributed by atoms with van der Waals surface area (Å²) in [4.78, 5) is 30.2. The molecule has 1 aliphatic heterocycles. The Morgan fingerprint density at radius 2 is 1.88 bits per heavy atom. The zero-order valence-corrected chi connectivity index (χ0v) is 13.1. The van der Waals surface area contributed by atoms with Crippen molar-refractivity contribution in [3.8, 4) is 11.9 Å². The zero-order chi connectivity index (χ0) is 17.4. The van der Waals surface area contributed by atoms with E-state index in [1.54, 1.807) is 0 Å². The van der Waals surface area contributed by atoms with Crippen LogP contribution in [0.15, 0.2) is 45.3 Å².